The van der Waals surface area contributed by atoms with Crippen LogP contribution in [0.3, 0.4) is 0 Å². The van der Waals surface area contributed by atoms with Crippen LogP contribution in [0.25, 0.3) is 34.0 Å². The van der Waals surface area contributed by atoms with Crippen molar-refractivity contribution in [3.05, 3.63) is 72.3 Å². The van der Waals surface area contributed by atoms with Gasteiger partial charge in [-0.25, -0.2) is 4.98 Å². The maximum atomic E-state index is 12.6. The predicted molar refractivity (Wildman–Crippen MR) is 124 cm³/mol. The highest BCUT2D eigenvalue weighted by molar-refractivity contribution is 5.87. The van der Waals surface area contributed by atoms with Crippen LogP contribution >= 0.6 is 0 Å². The van der Waals surface area contributed by atoms with Crippen LogP contribution in [0.1, 0.15) is 25.2 Å². The summed E-state index contributed by atoms with van der Waals surface area (Å²) >= 11 is 0. The van der Waals surface area contributed by atoms with Gasteiger partial charge in [0.1, 0.15) is 11.4 Å². The first-order chi connectivity index (χ1) is 15.9. The molecule has 0 fully saturated rings. The van der Waals surface area contributed by atoms with Crippen molar-refractivity contribution in [2.45, 2.75) is 26.2 Å². The minimum atomic E-state index is -0.887. The zero-order valence-corrected chi connectivity index (χ0v) is 18.7. The molecule has 3 heterocycles. The van der Waals surface area contributed by atoms with Gasteiger partial charge in [0.25, 0.3) is 0 Å². The number of nitrogens with one attached hydrogen (secondary N) is 1. The van der Waals surface area contributed by atoms with Gasteiger partial charge in [-0.05, 0) is 32.9 Å². The lowest BCUT2D eigenvalue weighted by atomic mass is 9.86. The largest absolute Gasteiger partial charge is 0.395 e. The van der Waals surface area contributed by atoms with E-state index in [4.69, 9.17) is 14.6 Å². The zero-order chi connectivity index (χ0) is 23.4. The number of benzene rings is 1. The lowest BCUT2D eigenvalue weighted by Gasteiger charge is -2.23. The number of aliphatic hydroxyl groups excluding tert-OH is 1. The summed E-state index contributed by atoms with van der Waals surface area (Å²) in [4.78, 5) is 26.2. The summed E-state index contributed by atoms with van der Waals surface area (Å²) in [5, 5.41) is 15.9. The Morgan fingerprint density at radius 3 is 2.61 bits per heavy atom. The second-order valence-corrected chi connectivity index (χ2v) is 8.17. The van der Waals surface area contributed by atoms with Crippen LogP contribution in [-0.4, -0.2) is 44.3 Å². The molecule has 33 heavy (non-hydrogen) atoms. The maximum absolute atomic E-state index is 12.6. The van der Waals surface area contributed by atoms with Crippen molar-refractivity contribution < 1.29 is 14.4 Å². The molecule has 0 spiro atoms. The summed E-state index contributed by atoms with van der Waals surface area (Å²) in [6.45, 7) is 5.51. The molecule has 0 aliphatic heterocycles. The Kier molecular flexibility index (Phi) is 6.28. The molecule has 1 amide bonds. The van der Waals surface area contributed by atoms with Gasteiger partial charge in [0.05, 0.1) is 35.3 Å². The SMILES string of the molecule is Cc1ncc(-c2ccnc(C(C)(C)C(=O)NCCO)c2)nc1-c1cc(-c2ccccc2)no1. The van der Waals surface area contributed by atoms with Crippen molar-refractivity contribution >= 4 is 5.91 Å². The highest BCUT2D eigenvalue weighted by Crippen LogP contribution is 2.30. The quantitative estimate of drug-likeness (QED) is 0.449. The molecule has 8 nitrogen and oxygen atoms in total. The molecule has 2 N–H and O–H groups in total. The summed E-state index contributed by atoms with van der Waals surface area (Å²) in [5.74, 6) is 0.311. The van der Waals surface area contributed by atoms with Crippen LogP contribution in [0, 0.1) is 6.92 Å². The first kappa shape index (κ1) is 22.3. The van der Waals surface area contributed by atoms with Crippen molar-refractivity contribution in [1.29, 1.82) is 0 Å². The van der Waals surface area contributed by atoms with E-state index in [0.29, 0.717) is 28.5 Å². The molecule has 0 bridgehead atoms. The van der Waals surface area contributed by atoms with E-state index in [1.165, 1.54) is 0 Å². The van der Waals surface area contributed by atoms with E-state index < -0.39 is 5.41 Å². The lowest BCUT2D eigenvalue weighted by Crippen LogP contribution is -2.41. The van der Waals surface area contributed by atoms with Crippen LogP contribution in [0.2, 0.25) is 0 Å². The number of aryl methyl sites for hydroxylation is 1. The molecule has 0 unspecified atom stereocenters. The van der Waals surface area contributed by atoms with Crippen molar-refractivity contribution in [3.63, 3.8) is 0 Å². The van der Waals surface area contributed by atoms with E-state index >= 15 is 0 Å². The standard InChI is InChI=1S/C25H25N5O3/c1-16-23(21-14-19(30-33-21)17-7-5-4-6-8-17)29-20(15-28-16)18-9-10-26-22(13-18)25(2,3)24(32)27-11-12-31/h4-10,13-15,31H,11-12H2,1-3H3,(H,27,32). The fourth-order valence-electron chi connectivity index (χ4n) is 3.39. The van der Waals surface area contributed by atoms with Crippen molar-refractivity contribution in [3.8, 4) is 34.0 Å². The number of rotatable bonds is 7. The van der Waals surface area contributed by atoms with E-state index in [-0.39, 0.29) is 19.1 Å². The first-order valence-corrected chi connectivity index (χ1v) is 10.6. The molecule has 0 aliphatic rings. The van der Waals surface area contributed by atoms with Gasteiger partial charge < -0.3 is 14.9 Å². The summed E-state index contributed by atoms with van der Waals surface area (Å²) < 4.78 is 5.59. The maximum Gasteiger partial charge on any atom is 0.231 e. The van der Waals surface area contributed by atoms with Gasteiger partial charge in [0, 0.05) is 29.9 Å². The Morgan fingerprint density at radius 2 is 1.85 bits per heavy atom. The Morgan fingerprint density at radius 1 is 1.06 bits per heavy atom. The third-order valence-corrected chi connectivity index (χ3v) is 5.43. The minimum Gasteiger partial charge on any atom is -0.395 e. The second kappa shape index (κ2) is 9.30. The Balaban J connectivity index is 1.67. The molecule has 4 aromatic rings. The average molecular weight is 444 g/mol. The molecule has 168 valence electrons. The van der Waals surface area contributed by atoms with Crippen molar-refractivity contribution in [2.24, 2.45) is 0 Å². The Hall–Kier alpha value is -3.91. The number of carbonyl (C=O) groups excluding carboxylic acids is 1. The van der Waals surface area contributed by atoms with Gasteiger partial charge >= 0.3 is 0 Å². The van der Waals surface area contributed by atoms with Gasteiger partial charge in [-0.15, -0.1) is 0 Å². The minimum absolute atomic E-state index is 0.120. The topological polar surface area (TPSA) is 114 Å². The number of nitrogens with zero attached hydrogens (tertiary/aromatic N) is 4. The van der Waals surface area contributed by atoms with Crippen LogP contribution in [0.15, 0.2) is 65.4 Å². The monoisotopic (exact) mass is 443 g/mol. The number of amides is 1. The summed E-state index contributed by atoms with van der Waals surface area (Å²) in [5.41, 5.74) is 4.09. The first-order valence-electron chi connectivity index (χ1n) is 10.6. The van der Waals surface area contributed by atoms with E-state index in [9.17, 15) is 4.79 Å². The third-order valence-electron chi connectivity index (χ3n) is 5.43. The summed E-state index contributed by atoms with van der Waals surface area (Å²) in [7, 11) is 0. The van der Waals surface area contributed by atoms with Gasteiger partial charge in [-0.1, -0.05) is 35.5 Å². The number of pyridine rings is 1. The molecule has 0 radical (unpaired) electrons. The van der Waals surface area contributed by atoms with Crippen molar-refractivity contribution in [2.75, 3.05) is 13.2 Å². The van der Waals surface area contributed by atoms with Gasteiger partial charge in [0.2, 0.25) is 5.91 Å². The predicted octanol–water partition coefficient (Wildman–Crippen LogP) is 3.56. The Bertz CT molecular complexity index is 1270. The third kappa shape index (κ3) is 4.65. The Labute approximate surface area is 191 Å². The highest BCUT2D eigenvalue weighted by Gasteiger charge is 2.31. The molecular weight excluding hydrogens is 418 g/mol. The number of aliphatic hydroxyl groups is 1. The summed E-state index contributed by atoms with van der Waals surface area (Å²) in [6, 6.07) is 15.3. The fourth-order valence-corrected chi connectivity index (χ4v) is 3.39. The normalized spacial score (nSPS) is 11.4. The lowest BCUT2D eigenvalue weighted by molar-refractivity contribution is -0.125. The van der Waals surface area contributed by atoms with E-state index in [1.54, 1.807) is 26.2 Å². The van der Waals surface area contributed by atoms with Gasteiger partial charge in [0.15, 0.2) is 5.76 Å². The molecule has 0 saturated heterocycles. The molecule has 0 atom stereocenters. The van der Waals surface area contributed by atoms with Gasteiger partial charge in [-0.2, -0.15) is 0 Å². The van der Waals surface area contributed by atoms with Gasteiger partial charge in [-0.3, -0.25) is 14.8 Å². The molecule has 0 saturated carbocycles. The fraction of sp³-hybridized carbons (Fsp3) is 0.240. The number of hydrogen-bond acceptors (Lipinski definition) is 7. The highest BCUT2D eigenvalue weighted by atomic mass is 16.5. The van der Waals surface area contributed by atoms with Crippen LogP contribution in [0.4, 0.5) is 0 Å². The van der Waals surface area contributed by atoms with Crippen LogP contribution in [-0.2, 0) is 10.2 Å². The molecule has 8 heteroatoms. The van der Waals surface area contributed by atoms with Crippen LogP contribution in [0.5, 0.6) is 0 Å². The number of hydrogen-bond donors (Lipinski definition) is 2. The average Bonchev–Trinajstić information content (AvgIpc) is 3.33. The van der Waals surface area contributed by atoms with Crippen molar-refractivity contribution in [1.82, 2.24) is 25.4 Å². The molecular formula is C25H25N5O3. The second-order valence-electron chi connectivity index (χ2n) is 8.17. The number of carbonyl (C=O) groups is 1. The van der Waals surface area contributed by atoms with E-state index in [1.807, 2.05) is 55.5 Å². The molecule has 1 aromatic carbocycles. The molecule has 0 aliphatic carbocycles. The smallest absolute Gasteiger partial charge is 0.231 e. The van der Waals surface area contributed by atoms with Crippen LogP contribution < -0.4 is 5.32 Å². The molecule has 4 rings (SSSR count). The summed E-state index contributed by atoms with van der Waals surface area (Å²) in [6.07, 6.45) is 3.33. The van der Waals surface area contributed by atoms with E-state index in [2.05, 4.69) is 20.4 Å². The number of aromatic nitrogens is 4. The van der Waals surface area contributed by atoms with E-state index in [0.717, 1.165) is 16.8 Å². The zero-order valence-electron chi connectivity index (χ0n) is 18.7. The molecule has 3 aromatic heterocycles.